The lowest BCUT2D eigenvalue weighted by Crippen LogP contribution is -2.14. The Morgan fingerprint density at radius 2 is 1.95 bits per heavy atom. The first kappa shape index (κ1) is 28.0. The first-order chi connectivity index (χ1) is 17.9. The lowest BCUT2D eigenvalue weighted by Gasteiger charge is -2.29. The van der Waals surface area contributed by atoms with Crippen molar-refractivity contribution in [2.24, 2.45) is 5.41 Å². The summed E-state index contributed by atoms with van der Waals surface area (Å²) in [5.74, 6) is -1.48. The molecule has 38 heavy (non-hydrogen) atoms. The summed E-state index contributed by atoms with van der Waals surface area (Å²) >= 11 is 2.06. The smallest absolute Gasteiger partial charge is 0.417 e. The van der Waals surface area contributed by atoms with E-state index in [0.29, 0.717) is 10.6 Å². The molecular formula is C27H26F4N2O3S2. The van der Waals surface area contributed by atoms with E-state index in [9.17, 15) is 22.4 Å². The van der Waals surface area contributed by atoms with E-state index in [4.69, 9.17) is 4.74 Å². The number of aromatic nitrogens is 1. The quantitative estimate of drug-likeness (QED) is 0.176. The molecule has 0 saturated carbocycles. The number of esters is 1. The highest BCUT2D eigenvalue weighted by Crippen LogP contribution is 2.43. The van der Waals surface area contributed by atoms with E-state index in [-0.39, 0.29) is 33.0 Å². The molecule has 0 amide bonds. The van der Waals surface area contributed by atoms with Crippen molar-refractivity contribution in [1.29, 1.82) is 0 Å². The minimum atomic E-state index is -4.55. The Hall–Kier alpha value is -3.05. The second-order valence-electron chi connectivity index (χ2n) is 9.57. The number of anilines is 1. The molecule has 1 aliphatic carbocycles. The highest BCUT2D eigenvalue weighted by molar-refractivity contribution is 8.00. The number of benzene rings is 2. The summed E-state index contributed by atoms with van der Waals surface area (Å²) in [7, 11) is 2.50. The zero-order chi connectivity index (χ0) is 27.7. The Morgan fingerprint density at radius 3 is 2.58 bits per heavy atom. The average molecular weight is 567 g/mol. The lowest BCUT2D eigenvalue weighted by atomic mass is 9.77. The summed E-state index contributed by atoms with van der Waals surface area (Å²) in [4.78, 5) is 16.1. The molecular weight excluding hydrogens is 540 g/mol. The molecule has 4 rings (SSSR count). The standard InChI is InChI=1S/C27H26F4N2O3S2/c1-26(2)9-7-15(8-10-26)16-5-6-17(19(11-16)27(29,30)31)24-32-23(14-37-24)38-33-21-13-20(28)18(25(34)36-4)12-22(21)35-3/h5-7,11-14,33H,8-10H2,1-4H3. The lowest BCUT2D eigenvalue weighted by molar-refractivity contribution is -0.137. The summed E-state index contributed by atoms with van der Waals surface area (Å²) in [5.41, 5.74) is 0.864. The zero-order valence-electron chi connectivity index (χ0n) is 21.2. The van der Waals surface area contributed by atoms with Crippen molar-refractivity contribution in [3.8, 4) is 16.3 Å². The number of rotatable bonds is 7. The fourth-order valence-electron chi connectivity index (χ4n) is 4.11. The van der Waals surface area contributed by atoms with E-state index in [1.54, 1.807) is 11.4 Å². The van der Waals surface area contributed by atoms with Gasteiger partial charge in [-0.1, -0.05) is 32.1 Å². The fraction of sp³-hybridized carbons (Fsp3) is 0.333. The summed E-state index contributed by atoms with van der Waals surface area (Å²) in [6.07, 6.45) is -0.0354. The maximum atomic E-state index is 14.4. The van der Waals surface area contributed by atoms with Gasteiger partial charge in [0, 0.05) is 29.0 Å². The molecule has 0 bridgehead atoms. The van der Waals surface area contributed by atoms with E-state index in [2.05, 4.69) is 28.3 Å². The number of nitrogens with zero attached hydrogens (tertiary/aromatic N) is 1. The Balaban J connectivity index is 1.57. The van der Waals surface area contributed by atoms with Crippen LogP contribution in [-0.2, 0) is 10.9 Å². The van der Waals surface area contributed by atoms with Gasteiger partial charge in [-0.2, -0.15) is 13.2 Å². The van der Waals surface area contributed by atoms with Crippen LogP contribution in [-0.4, -0.2) is 25.2 Å². The van der Waals surface area contributed by atoms with Crippen LogP contribution >= 0.6 is 23.3 Å². The van der Waals surface area contributed by atoms with Gasteiger partial charge in [-0.05, 0) is 47.9 Å². The molecule has 1 heterocycles. The molecule has 11 heteroatoms. The summed E-state index contributed by atoms with van der Waals surface area (Å²) in [6, 6.07) is 6.69. The Labute approximate surface area is 226 Å². The van der Waals surface area contributed by atoms with Gasteiger partial charge in [0.25, 0.3) is 0 Å². The van der Waals surface area contributed by atoms with Crippen LogP contribution < -0.4 is 9.46 Å². The largest absolute Gasteiger partial charge is 0.495 e. The first-order valence-corrected chi connectivity index (χ1v) is 13.4. The van der Waals surface area contributed by atoms with E-state index >= 15 is 0 Å². The summed E-state index contributed by atoms with van der Waals surface area (Å²) < 4.78 is 69.3. The molecule has 202 valence electrons. The minimum Gasteiger partial charge on any atom is -0.495 e. The van der Waals surface area contributed by atoms with Gasteiger partial charge in [0.05, 0.1) is 31.0 Å². The third-order valence-electron chi connectivity index (χ3n) is 6.34. The Kier molecular flexibility index (Phi) is 8.08. The molecule has 2 aromatic carbocycles. The third kappa shape index (κ3) is 6.15. The number of hydrogen-bond donors (Lipinski definition) is 1. The normalized spacial score (nSPS) is 15.1. The van der Waals surface area contributed by atoms with E-state index in [1.165, 1.54) is 25.3 Å². The van der Waals surface area contributed by atoms with Gasteiger partial charge < -0.3 is 14.2 Å². The molecule has 0 atom stereocenters. The molecule has 5 nitrogen and oxygen atoms in total. The van der Waals surface area contributed by atoms with Crippen molar-refractivity contribution >= 4 is 40.5 Å². The first-order valence-electron chi connectivity index (χ1n) is 11.7. The van der Waals surface area contributed by atoms with E-state index in [0.717, 1.165) is 61.3 Å². The van der Waals surface area contributed by atoms with Crippen molar-refractivity contribution in [3.05, 3.63) is 64.3 Å². The van der Waals surface area contributed by atoms with Gasteiger partial charge in [0.15, 0.2) is 0 Å². The van der Waals surface area contributed by atoms with Crippen LogP contribution in [0.15, 0.2) is 46.8 Å². The predicted molar refractivity (Wildman–Crippen MR) is 142 cm³/mol. The van der Waals surface area contributed by atoms with Crippen LogP contribution in [0.2, 0.25) is 0 Å². The number of carbonyl (C=O) groups is 1. The van der Waals surface area contributed by atoms with Crippen LogP contribution in [0.1, 0.15) is 54.6 Å². The molecule has 0 aliphatic heterocycles. The monoisotopic (exact) mass is 566 g/mol. The highest BCUT2D eigenvalue weighted by atomic mass is 32.2. The Bertz CT molecular complexity index is 1380. The van der Waals surface area contributed by atoms with Crippen LogP contribution in [0.25, 0.3) is 16.1 Å². The van der Waals surface area contributed by atoms with Crippen LogP contribution in [0.4, 0.5) is 23.2 Å². The molecule has 0 saturated heterocycles. The zero-order valence-corrected chi connectivity index (χ0v) is 22.8. The Morgan fingerprint density at radius 1 is 1.18 bits per heavy atom. The number of carbonyl (C=O) groups excluding carboxylic acids is 1. The number of alkyl halides is 3. The molecule has 1 aliphatic rings. The molecule has 0 fully saturated rings. The SMILES string of the molecule is COC(=O)c1cc(OC)c(NSc2csc(-c3ccc(C4=CCC(C)(C)CC4)cc3C(F)(F)F)n2)cc1F. The molecule has 3 aromatic rings. The minimum absolute atomic E-state index is 0.000829. The van der Waals surface area contributed by atoms with Gasteiger partial charge in [-0.3, -0.25) is 0 Å². The second kappa shape index (κ2) is 11.0. The topological polar surface area (TPSA) is 60.5 Å². The molecule has 0 radical (unpaired) electrons. The van der Waals surface area contributed by atoms with Crippen LogP contribution in [0.5, 0.6) is 5.75 Å². The van der Waals surface area contributed by atoms with Crippen molar-refractivity contribution < 1.29 is 31.8 Å². The number of ether oxygens (including phenoxy) is 2. The van der Waals surface area contributed by atoms with E-state index in [1.807, 2.05) is 6.08 Å². The molecule has 0 unspecified atom stereocenters. The summed E-state index contributed by atoms with van der Waals surface area (Å²) in [6.45, 7) is 4.31. The highest BCUT2D eigenvalue weighted by Gasteiger charge is 2.35. The van der Waals surface area contributed by atoms with Gasteiger partial charge in [-0.15, -0.1) is 11.3 Å². The number of nitrogens with one attached hydrogen (secondary N) is 1. The number of methoxy groups -OCH3 is 2. The van der Waals surface area contributed by atoms with Crippen molar-refractivity contribution in [1.82, 2.24) is 4.98 Å². The second-order valence-corrected chi connectivity index (χ2v) is 11.3. The molecule has 0 spiro atoms. The fourth-order valence-corrected chi connectivity index (χ4v) is 5.74. The predicted octanol–water partition coefficient (Wildman–Crippen LogP) is 8.48. The maximum absolute atomic E-state index is 14.4. The van der Waals surface area contributed by atoms with Gasteiger partial charge in [0.1, 0.15) is 21.6 Å². The van der Waals surface area contributed by atoms with E-state index < -0.39 is 23.5 Å². The third-order valence-corrected chi connectivity index (χ3v) is 8.11. The number of hydrogen-bond acceptors (Lipinski definition) is 7. The number of thiazole rings is 1. The van der Waals surface area contributed by atoms with Crippen molar-refractivity contribution in [2.45, 2.75) is 44.3 Å². The van der Waals surface area contributed by atoms with Gasteiger partial charge in [0.2, 0.25) is 0 Å². The number of allylic oxidation sites excluding steroid dienone is 2. The molecule has 1 aromatic heterocycles. The van der Waals surface area contributed by atoms with Gasteiger partial charge in [-0.25, -0.2) is 14.2 Å². The average Bonchev–Trinajstić information content (AvgIpc) is 3.35. The van der Waals surface area contributed by atoms with Crippen LogP contribution in [0, 0.1) is 11.2 Å². The van der Waals surface area contributed by atoms with Crippen molar-refractivity contribution in [3.63, 3.8) is 0 Å². The number of halogens is 4. The van der Waals surface area contributed by atoms with Crippen LogP contribution in [0.3, 0.4) is 0 Å². The summed E-state index contributed by atoms with van der Waals surface area (Å²) in [5, 5.41) is 2.21. The van der Waals surface area contributed by atoms with Crippen molar-refractivity contribution in [2.75, 3.05) is 18.9 Å². The van der Waals surface area contributed by atoms with Gasteiger partial charge >= 0.3 is 12.1 Å². The maximum Gasteiger partial charge on any atom is 0.417 e. The molecule has 1 N–H and O–H groups in total.